The maximum Gasteiger partial charge on any atom is 0.156 e. The standard InChI is InChI=1S/C13H20O3/c1-8-5-10(15)7-13(3,4)11(8)6-12(16)9(2)14/h5-6,9,12,14,16H,7H2,1-4H3. The van der Waals surface area contributed by atoms with Crippen LogP contribution in [0.5, 0.6) is 0 Å². The van der Waals surface area contributed by atoms with Crippen molar-refractivity contribution in [2.24, 2.45) is 5.41 Å². The summed E-state index contributed by atoms with van der Waals surface area (Å²) in [6, 6.07) is 0. The second-order valence-electron chi connectivity index (χ2n) is 5.17. The van der Waals surface area contributed by atoms with E-state index in [1.165, 1.54) is 0 Å². The summed E-state index contributed by atoms with van der Waals surface area (Å²) >= 11 is 0. The molecular weight excluding hydrogens is 204 g/mol. The van der Waals surface area contributed by atoms with Crippen LogP contribution in [0.2, 0.25) is 0 Å². The molecule has 0 fully saturated rings. The molecule has 0 radical (unpaired) electrons. The van der Waals surface area contributed by atoms with E-state index in [4.69, 9.17) is 0 Å². The van der Waals surface area contributed by atoms with E-state index in [1.807, 2.05) is 20.8 Å². The molecule has 0 aromatic carbocycles. The number of aliphatic hydroxyl groups excluding tert-OH is 2. The van der Waals surface area contributed by atoms with Crippen LogP contribution in [0.1, 0.15) is 34.1 Å². The lowest BCUT2D eigenvalue weighted by molar-refractivity contribution is -0.116. The first-order valence-corrected chi connectivity index (χ1v) is 5.54. The quantitative estimate of drug-likeness (QED) is 0.749. The number of rotatable bonds is 2. The highest BCUT2D eigenvalue weighted by atomic mass is 16.3. The fraction of sp³-hybridized carbons (Fsp3) is 0.615. The molecule has 0 heterocycles. The zero-order valence-electron chi connectivity index (χ0n) is 10.3. The van der Waals surface area contributed by atoms with E-state index in [2.05, 4.69) is 0 Å². The van der Waals surface area contributed by atoms with Crippen LogP contribution in [0.25, 0.3) is 0 Å². The highest BCUT2D eigenvalue weighted by molar-refractivity contribution is 5.93. The van der Waals surface area contributed by atoms with Crippen LogP contribution >= 0.6 is 0 Å². The third-order valence-electron chi connectivity index (χ3n) is 2.98. The molecule has 0 aliphatic heterocycles. The first kappa shape index (κ1) is 13.1. The van der Waals surface area contributed by atoms with E-state index in [1.54, 1.807) is 19.1 Å². The van der Waals surface area contributed by atoms with Gasteiger partial charge in [0.1, 0.15) is 0 Å². The van der Waals surface area contributed by atoms with Crippen molar-refractivity contribution in [3.63, 3.8) is 0 Å². The Labute approximate surface area is 96.5 Å². The Balaban J connectivity index is 3.10. The van der Waals surface area contributed by atoms with Gasteiger partial charge in [-0.3, -0.25) is 4.79 Å². The van der Waals surface area contributed by atoms with Crippen molar-refractivity contribution < 1.29 is 15.0 Å². The van der Waals surface area contributed by atoms with Gasteiger partial charge in [-0.2, -0.15) is 0 Å². The topological polar surface area (TPSA) is 57.5 Å². The van der Waals surface area contributed by atoms with Crippen molar-refractivity contribution in [1.29, 1.82) is 0 Å². The van der Waals surface area contributed by atoms with Gasteiger partial charge in [-0.05, 0) is 42.6 Å². The van der Waals surface area contributed by atoms with Crippen LogP contribution in [0.4, 0.5) is 0 Å². The Kier molecular flexibility index (Phi) is 3.71. The van der Waals surface area contributed by atoms with Crippen molar-refractivity contribution in [3.8, 4) is 0 Å². The lowest BCUT2D eigenvalue weighted by Gasteiger charge is -2.32. The van der Waals surface area contributed by atoms with Crippen LogP contribution in [0, 0.1) is 5.41 Å². The normalized spacial score (nSPS) is 26.5. The van der Waals surface area contributed by atoms with Crippen molar-refractivity contribution in [2.75, 3.05) is 0 Å². The predicted octanol–water partition coefficient (Wildman–Crippen LogP) is 1.60. The van der Waals surface area contributed by atoms with Gasteiger partial charge in [0.05, 0.1) is 12.2 Å². The van der Waals surface area contributed by atoms with Gasteiger partial charge in [-0.1, -0.05) is 13.8 Å². The van der Waals surface area contributed by atoms with E-state index in [9.17, 15) is 15.0 Å². The van der Waals surface area contributed by atoms with Crippen molar-refractivity contribution >= 4 is 5.78 Å². The van der Waals surface area contributed by atoms with Crippen molar-refractivity contribution in [2.45, 2.75) is 46.3 Å². The van der Waals surface area contributed by atoms with Crippen LogP contribution < -0.4 is 0 Å². The fourth-order valence-electron chi connectivity index (χ4n) is 2.10. The molecule has 0 aromatic heterocycles. The zero-order valence-corrected chi connectivity index (χ0v) is 10.3. The monoisotopic (exact) mass is 224 g/mol. The van der Waals surface area contributed by atoms with Gasteiger partial charge in [-0.25, -0.2) is 0 Å². The van der Waals surface area contributed by atoms with Crippen LogP contribution in [-0.4, -0.2) is 28.2 Å². The molecule has 1 aliphatic rings. The first-order chi connectivity index (χ1) is 7.24. The molecule has 1 rings (SSSR count). The molecule has 3 heteroatoms. The summed E-state index contributed by atoms with van der Waals surface area (Å²) in [5, 5.41) is 18.9. The number of allylic oxidation sites excluding steroid dienone is 3. The average Bonchev–Trinajstić information content (AvgIpc) is 2.09. The minimum Gasteiger partial charge on any atom is -0.390 e. The van der Waals surface area contributed by atoms with E-state index in [0.717, 1.165) is 11.1 Å². The number of hydrogen-bond acceptors (Lipinski definition) is 3. The van der Waals surface area contributed by atoms with E-state index < -0.39 is 12.2 Å². The maximum absolute atomic E-state index is 11.4. The summed E-state index contributed by atoms with van der Waals surface area (Å²) in [7, 11) is 0. The summed E-state index contributed by atoms with van der Waals surface area (Å²) in [4.78, 5) is 11.4. The number of ketones is 1. The van der Waals surface area contributed by atoms with E-state index >= 15 is 0 Å². The molecule has 0 saturated carbocycles. The lowest BCUT2D eigenvalue weighted by Crippen LogP contribution is -2.28. The van der Waals surface area contributed by atoms with Crippen molar-refractivity contribution in [3.05, 3.63) is 23.3 Å². The third kappa shape index (κ3) is 2.80. The van der Waals surface area contributed by atoms with Gasteiger partial charge < -0.3 is 10.2 Å². The number of carbonyl (C=O) groups excluding carboxylic acids is 1. The van der Waals surface area contributed by atoms with E-state index in [0.29, 0.717) is 6.42 Å². The Hall–Kier alpha value is -0.930. The SMILES string of the molecule is CC1=CC(=O)CC(C)(C)C1=CC(O)C(C)O. The number of carbonyl (C=O) groups is 1. The second-order valence-corrected chi connectivity index (χ2v) is 5.17. The summed E-state index contributed by atoms with van der Waals surface area (Å²) in [6.07, 6.45) is 2.02. The molecule has 90 valence electrons. The maximum atomic E-state index is 11.4. The fourth-order valence-corrected chi connectivity index (χ4v) is 2.10. The average molecular weight is 224 g/mol. The van der Waals surface area contributed by atoms with Crippen LogP contribution in [0.3, 0.4) is 0 Å². The molecule has 1 aliphatic carbocycles. The largest absolute Gasteiger partial charge is 0.390 e. The molecule has 0 aromatic rings. The Morgan fingerprint density at radius 1 is 1.44 bits per heavy atom. The highest BCUT2D eigenvalue weighted by Crippen LogP contribution is 2.39. The molecule has 0 bridgehead atoms. The summed E-state index contributed by atoms with van der Waals surface area (Å²) in [5.74, 6) is 0.117. The molecule has 0 spiro atoms. The van der Waals surface area contributed by atoms with Gasteiger partial charge in [0.25, 0.3) is 0 Å². The highest BCUT2D eigenvalue weighted by Gasteiger charge is 2.31. The molecule has 3 nitrogen and oxygen atoms in total. The molecular formula is C13H20O3. The molecule has 0 amide bonds. The van der Waals surface area contributed by atoms with Gasteiger partial charge >= 0.3 is 0 Å². The number of aliphatic hydroxyl groups is 2. The summed E-state index contributed by atoms with van der Waals surface area (Å²) in [6.45, 7) is 7.35. The second kappa shape index (κ2) is 4.52. The van der Waals surface area contributed by atoms with Gasteiger partial charge in [-0.15, -0.1) is 0 Å². The minimum absolute atomic E-state index is 0.117. The molecule has 2 unspecified atom stereocenters. The molecule has 16 heavy (non-hydrogen) atoms. The Bertz CT molecular complexity index is 348. The molecule has 2 N–H and O–H groups in total. The predicted molar refractivity (Wildman–Crippen MR) is 62.9 cm³/mol. The van der Waals surface area contributed by atoms with E-state index in [-0.39, 0.29) is 11.2 Å². The Morgan fingerprint density at radius 3 is 2.44 bits per heavy atom. The van der Waals surface area contributed by atoms with Crippen LogP contribution in [0.15, 0.2) is 23.3 Å². The van der Waals surface area contributed by atoms with Crippen molar-refractivity contribution in [1.82, 2.24) is 0 Å². The van der Waals surface area contributed by atoms with Gasteiger partial charge in [0, 0.05) is 6.42 Å². The van der Waals surface area contributed by atoms with Crippen LogP contribution in [-0.2, 0) is 4.79 Å². The van der Waals surface area contributed by atoms with Gasteiger partial charge in [0.2, 0.25) is 0 Å². The molecule has 0 saturated heterocycles. The summed E-state index contributed by atoms with van der Waals surface area (Å²) in [5.41, 5.74) is 1.55. The number of hydrogen-bond donors (Lipinski definition) is 2. The third-order valence-corrected chi connectivity index (χ3v) is 2.98. The minimum atomic E-state index is -0.883. The first-order valence-electron chi connectivity index (χ1n) is 5.54. The Morgan fingerprint density at radius 2 is 2.00 bits per heavy atom. The molecule has 2 atom stereocenters. The zero-order chi connectivity index (χ0) is 12.5. The van der Waals surface area contributed by atoms with Gasteiger partial charge in [0.15, 0.2) is 5.78 Å². The lowest BCUT2D eigenvalue weighted by atomic mass is 9.72. The smallest absolute Gasteiger partial charge is 0.156 e. The summed E-state index contributed by atoms with van der Waals surface area (Å²) < 4.78 is 0.